The molecule has 0 saturated carbocycles. The second-order valence-electron chi connectivity index (χ2n) is 2.94. The van der Waals surface area contributed by atoms with Gasteiger partial charge in [-0.1, -0.05) is 0 Å². The third-order valence-electron chi connectivity index (χ3n) is 1.92. The third-order valence-corrected chi connectivity index (χ3v) is 1.92. The van der Waals surface area contributed by atoms with Crippen LogP contribution in [0, 0.1) is 0 Å². The Morgan fingerprint density at radius 2 is 2.06 bits per heavy atom. The summed E-state index contributed by atoms with van der Waals surface area (Å²) in [6.07, 6.45) is 1.22. The van der Waals surface area contributed by atoms with Crippen LogP contribution in [0.4, 0.5) is 8.78 Å². The van der Waals surface area contributed by atoms with Crippen LogP contribution in [-0.2, 0) is 0 Å². The smallest absolute Gasteiger partial charge is 0.387 e. The van der Waals surface area contributed by atoms with E-state index in [1.165, 1.54) is 19.4 Å². The minimum absolute atomic E-state index is 0.0248. The van der Waals surface area contributed by atoms with Crippen LogP contribution in [0.5, 0.6) is 11.6 Å². The highest BCUT2D eigenvalue weighted by atomic mass is 19.3. The van der Waals surface area contributed by atoms with Gasteiger partial charge in [0.05, 0.1) is 24.3 Å². The van der Waals surface area contributed by atoms with Crippen molar-refractivity contribution in [2.75, 3.05) is 7.11 Å². The van der Waals surface area contributed by atoms with Crippen molar-refractivity contribution in [2.24, 2.45) is 0 Å². The Labute approximate surface area is 89.8 Å². The van der Waals surface area contributed by atoms with E-state index in [0.29, 0.717) is 16.9 Å². The Morgan fingerprint density at radius 1 is 1.25 bits per heavy atom. The van der Waals surface area contributed by atoms with E-state index < -0.39 is 6.61 Å². The number of pyridine rings is 2. The topological polar surface area (TPSA) is 44.2 Å². The van der Waals surface area contributed by atoms with Crippen molar-refractivity contribution in [3.8, 4) is 11.6 Å². The van der Waals surface area contributed by atoms with Crippen LogP contribution in [0.25, 0.3) is 11.0 Å². The fourth-order valence-electron chi connectivity index (χ4n) is 1.25. The van der Waals surface area contributed by atoms with E-state index >= 15 is 0 Å². The Morgan fingerprint density at radius 3 is 2.75 bits per heavy atom. The van der Waals surface area contributed by atoms with Crippen molar-refractivity contribution in [3.05, 3.63) is 24.4 Å². The molecule has 16 heavy (non-hydrogen) atoms. The summed E-state index contributed by atoms with van der Waals surface area (Å²) in [5, 5.41) is 0. The van der Waals surface area contributed by atoms with E-state index in [2.05, 4.69) is 14.7 Å². The molecule has 4 nitrogen and oxygen atoms in total. The molecule has 6 heteroatoms. The molecular formula is C10H8F2N2O2. The molecule has 0 N–H and O–H groups in total. The van der Waals surface area contributed by atoms with E-state index in [-0.39, 0.29) is 5.75 Å². The molecule has 0 aliphatic carbocycles. The first kappa shape index (κ1) is 10.5. The molecule has 0 aliphatic heterocycles. The number of aromatic nitrogens is 2. The monoisotopic (exact) mass is 226 g/mol. The number of ether oxygens (including phenoxy) is 2. The lowest BCUT2D eigenvalue weighted by atomic mass is 10.3. The van der Waals surface area contributed by atoms with Gasteiger partial charge in [0.15, 0.2) is 0 Å². The molecule has 0 saturated heterocycles. The second kappa shape index (κ2) is 4.26. The maximum Gasteiger partial charge on any atom is 0.387 e. The Hall–Kier alpha value is -1.98. The van der Waals surface area contributed by atoms with Crippen LogP contribution in [0.3, 0.4) is 0 Å². The van der Waals surface area contributed by atoms with Gasteiger partial charge >= 0.3 is 6.61 Å². The fraction of sp³-hybridized carbons (Fsp3) is 0.200. The van der Waals surface area contributed by atoms with E-state index in [1.807, 2.05) is 0 Å². The predicted octanol–water partition coefficient (Wildman–Crippen LogP) is 2.24. The second-order valence-corrected chi connectivity index (χ2v) is 2.94. The molecule has 0 fully saturated rings. The molecule has 0 radical (unpaired) electrons. The molecule has 2 aromatic heterocycles. The third kappa shape index (κ3) is 2.16. The summed E-state index contributed by atoms with van der Waals surface area (Å²) in [6.45, 7) is -2.87. The normalized spacial score (nSPS) is 10.8. The van der Waals surface area contributed by atoms with Crippen LogP contribution < -0.4 is 9.47 Å². The maximum atomic E-state index is 12.0. The number of hydrogen-bond acceptors (Lipinski definition) is 4. The van der Waals surface area contributed by atoms with Gasteiger partial charge in [0.1, 0.15) is 5.75 Å². The number of halogens is 2. The Bertz CT molecular complexity index is 505. The number of hydrogen-bond donors (Lipinski definition) is 0. The average Bonchev–Trinajstić information content (AvgIpc) is 2.27. The average molecular weight is 226 g/mol. The summed E-state index contributed by atoms with van der Waals surface area (Å²) in [5.41, 5.74) is 1.03. The highest BCUT2D eigenvalue weighted by molar-refractivity contribution is 5.75. The molecule has 0 spiro atoms. The number of fused-ring (bicyclic) bond motifs is 1. The minimum atomic E-state index is -2.87. The summed E-state index contributed by atoms with van der Waals surface area (Å²) in [7, 11) is 1.47. The Balaban J connectivity index is 2.42. The number of methoxy groups -OCH3 is 1. The van der Waals surface area contributed by atoms with E-state index in [0.717, 1.165) is 0 Å². The molecule has 2 rings (SSSR count). The van der Waals surface area contributed by atoms with Gasteiger partial charge in [-0.05, 0) is 6.07 Å². The predicted molar refractivity (Wildman–Crippen MR) is 52.7 cm³/mol. The van der Waals surface area contributed by atoms with Crippen molar-refractivity contribution < 1.29 is 18.3 Å². The summed E-state index contributed by atoms with van der Waals surface area (Å²) >= 11 is 0. The first-order chi connectivity index (χ1) is 7.69. The molecule has 0 aromatic carbocycles. The summed E-state index contributed by atoms with van der Waals surface area (Å²) in [6, 6.07) is 4.72. The van der Waals surface area contributed by atoms with Crippen LogP contribution in [0.2, 0.25) is 0 Å². The minimum Gasteiger partial charge on any atom is -0.481 e. The first-order valence-electron chi connectivity index (χ1n) is 4.44. The van der Waals surface area contributed by atoms with Crippen LogP contribution >= 0.6 is 0 Å². The standard InChI is InChI=1S/C10H8F2N2O2/c1-15-9-3-2-7-8(14-9)4-6(5-13-7)16-10(11)12/h2-5,10H,1H3. The van der Waals surface area contributed by atoms with Crippen LogP contribution in [-0.4, -0.2) is 23.7 Å². The highest BCUT2D eigenvalue weighted by Crippen LogP contribution is 2.20. The van der Waals surface area contributed by atoms with Gasteiger partial charge in [-0.2, -0.15) is 8.78 Å². The Kier molecular flexibility index (Phi) is 2.80. The van der Waals surface area contributed by atoms with Gasteiger partial charge in [-0.25, -0.2) is 4.98 Å². The van der Waals surface area contributed by atoms with Gasteiger partial charge in [-0.3, -0.25) is 4.98 Å². The van der Waals surface area contributed by atoms with Crippen molar-refractivity contribution in [2.45, 2.75) is 6.61 Å². The van der Waals surface area contributed by atoms with E-state index in [4.69, 9.17) is 4.74 Å². The quantitative estimate of drug-likeness (QED) is 0.805. The summed E-state index contributed by atoms with van der Waals surface area (Å²) in [4.78, 5) is 7.99. The summed E-state index contributed by atoms with van der Waals surface area (Å²) < 4.78 is 33.1. The molecular weight excluding hydrogens is 218 g/mol. The zero-order chi connectivity index (χ0) is 11.5. The molecule has 2 heterocycles. The molecule has 0 aliphatic rings. The van der Waals surface area contributed by atoms with Crippen molar-refractivity contribution in [1.29, 1.82) is 0 Å². The molecule has 84 valence electrons. The number of nitrogens with zero attached hydrogens (tertiary/aromatic N) is 2. The molecule has 2 aromatic rings. The molecule has 0 atom stereocenters. The van der Waals surface area contributed by atoms with Crippen molar-refractivity contribution in [1.82, 2.24) is 9.97 Å². The number of rotatable bonds is 3. The number of alkyl halides is 2. The molecule has 0 amide bonds. The van der Waals surface area contributed by atoms with Crippen molar-refractivity contribution in [3.63, 3.8) is 0 Å². The van der Waals surface area contributed by atoms with Crippen molar-refractivity contribution >= 4 is 11.0 Å². The van der Waals surface area contributed by atoms with Gasteiger partial charge < -0.3 is 9.47 Å². The maximum absolute atomic E-state index is 12.0. The van der Waals surface area contributed by atoms with Crippen LogP contribution in [0.1, 0.15) is 0 Å². The van der Waals surface area contributed by atoms with Gasteiger partial charge in [-0.15, -0.1) is 0 Å². The lowest BCUT2D eigenvalue weighted by molar-refractivity contribution is -0.0499. The first-order valence-corrected chi connectivity index (χ1v) is 4.44. The van der Waals surface area contributed by atoms with Gasteiger partial charge in [0.25, 0.3) is 0 Å². The zero-order valence-electron chi connectivity index (χ0n) is 8.35. The molecule has 0 bridgehead atoms. The van der Waals surface area contributed by atoms with Crippen LogP contribution in [0.15, 0.2) is 24.4 Å². The highest BCUT2D eigenvalue weighted by Gasteiger charge is 2.06. The van der Waals surface area contributed by atoms with Gasteiger partial charge in [0.2, 0.25) is 5.88 Å². The SMILES string of the molecule is COc1ccc2ncc(OC(F)F)cc2n1. The lowest BCUT2D eigenvalue weighted by Crippen LogP contribution is -2.02. The van der Waals surface area contributed by atoms with Gasteiger partial charge in [0, 0.05) is 12.1 Å². The van der Waals surface area contributed by atoms with E-state index in [9.17, 15) is 8.78 Å². The fourth-order valence-corrected chi connectivity index (χ4v) is 1.25. The summed E-state index contributed by atoms with van der Waals surface area (Å²) in [5.74, 6) is 0.367. The van der Waals surface area contributed by atoms with E-state index in [1.54, 1.807) is 12.1 Å². The lowest BCUT2D eigenvalue weighted by Gasteiger charge is -2.05. The largest absolute Gasteiger partial charge is 0.481 e. The molecule has 0 unspecified atom stereocenters. The zero-order valence-corrected chi connectivity index (χ0v) is 8.35.